The van der Waals surface area contributed by atoms with E-state index < -0.39 is 4.92 Å². The van der Waals surface area contributed by atoms with Crippen molar-refractivity contribution in [2.45, 2.75) is 6.92 Å². The summed E-state index contributed by atoms with van der Waals surface area (Å²) in [6.45, 7) is 1.60. The summed E-state index contributed by atoms with van der Waals surface area (Å²) in [5.74, 6) is 0.181. The summed E-state index contributed by atoms with van der Waals surface area (Å²) in [6, 6.07) is 7.65. The number of nitro groups is 1. The normalized spacial score (nSPS) is 10.1. The summed E-state index contributed by atoms with van der Waals surface area (Å²) >= 11 is 0. The number of rotatable bonds is 4. The fraction of sp³-hybridized carbons (Fsp3) is 0.200. The quantitative estimate of drug-likeness (QED) is 0.640. The summed E-state index contributed by atoms with van der Waals surface area (Å²) in [7, 11) is 3.12. The van der Waals surface area contributed by atoms with Crippen molar-refractivity contribution in [1.82, 2.24) is 4.98 Å². The van der Waals surface area contributed by atoms with Crippen molar-refractivity contribution in [1.29, 1.82) is 0 Å². The zero-order valence-corrected chi connectivity index (χ0v) is 12.4. The van der Waals surface area contributed by atoms with Crippen LogP contribution in [0.5, 0.6) is 5.88 Å². The van der Waals surface area contributed by atoms with Crippen molar-refractivity contribution in [3.63, 3.8) is 0 Å². The predicted octanol–water partition coefficient (Wildman–Crippen LogP) is 2.58. The Balaban J connectivity index is 2.26. The minimum absolute atomic E-state index is 0.00897. The van der Waals surface area contributed by atoms with Gasteiger partial charge in [0.15, 0.2) is 0 Å². The molecule has 2 aromatic rings. The number of ether oxygens (including phenoxy) is 1. The van der Waals surface area contributed by atoms with Gasteiger partial charge in [-0.1, -0.05) is 0 Å². The Bertz CT molecular complexity index is 713. The maximum atomic E-state index is 12.4. The van der Waals surface area contributed by atoms with E-state index in [1.165, 1.54) is 36.4 Å². The van der Waals surface area contributed by atoms with Gasteiger partial charge in [-0.25, -0.2) is 4.98 Å². The molecule has 7 nitrogen and oxygen atoms in total. The lowest BCUT2D eigenvalue weighted by Crippen LogP contribution is -2.26. The summed E-state index contributed by atoms with van der Waals surface area (Å²) in [5, 5.41) is 10.8. The first kappa shape index (κ1) is 15.4. The van der Waals surface area contributed by atoms with Gasteiger partial charge in [-0.05, 0) is 25.1 Å². The molecular formula is C15H15N3O4. The topological polar surface area (TPSA) is 85.6 Å². The number of anilines is 1. The number of hydrogen-bond acceptors (Lipinski definition) is 5. The van der Waals surface area contributed by atoms with Crippen molar-refractivity contribution in [2.75, 3.05) is 19.1 Å². The summed E-state index contributed by atoms with van der Waals surface area (Å²) < 4.78 is 4.97. The minimum atomic E-state index is -0.472. The molecule has 0 N–H and O–H groups in total. The zero-order valence-electron chi connectivity index (χ0n) is 12.4. The second kappa shape index (κ2) is 6.21. The van der Waals surface area contributed by atoms with E-state index >= 15 is 0 Å². The molecule has 0 aliphatic heterocycles. The summed E-state index contributed by atoms with van der Waals surface area (Å²) in [4.78, 5) is 28.2. The molecule has 0 atom stereocenters. The maximum absolute atomic E-state index is 12.4. The van der Waals surface area contributed by atoms with E-state index in [1.807, 2.05) is 0 Å². The highest BCUT2D eigenvalue weighted by atomic mass is 16.6. The van der Waals surface area contributed by atoms with Gasteiger partial charge in [-0.15, -0.1) is 0 Å². The molecule has 0 bridgehead atoms. The van der Waals surface area contributed by atoms with Crippen LogP contribution in [0, 0.1) is 17.0 Å². The number of nitro benzene ring substituents is 1. The van der Waals surface area contributed by atoms with E-state index in [0.29, 0.717) is 22.7 Å². The number of pyridine rings is 1. The van der Waals surface area contributed by atoms with Gasteiger partial charge in [0.25, 0.3) is 11.6 Å². The number of carbonyl (C=O) groups excluding carboxylic acids is 1. The lowest BCUT2D eigenvalue weighted by Gasteiger charge is -2.17. The molecule has 1 aromatic heterocycles. The first-order chi connectivity index (χ1) is 10.4. The monoisotopic (exact) mass is 301 g/mol. The number of amides is 1. The van der Waals surface area contributed by atoms with E-state index in [-0.39, 0.29) is 11.6 Å². The molecule has 0 spiro atoms. The number of hydrogen-bond donors (Lipinski definition) is 0. The molecule has 0 aliphatic rings. The van der Waals surface area contributed by atoms with Crippen LogP contribution in [0.4, 0.5) is 11.4 Å². The molecule has 1 aromatic carbocycles. The molecule has 0 fully saturated rings. The van der Waals surface area contributed by atoms with Crippen LogP contribution in [0.1, 0.15) is 15.9 Å². The van der Waals surface area contributed by atoms with Crippen molar-refractivity contribution >= 4 is 17.3 Å². The summed E-state index contributed by atoms with van der Waals surface area (Å²) in [6.07, 6.45) is 1.52. The lowest BCUT2D eigenvalue weighted by molar-refractivity contribution is -0.385. The number of benzene rings is 1. The number of nitrogens with zero attached hydrogens (tertiary/aromatic N) is 3. The van der Waals surface area contributed by atoms with Crippen LogP contribution in [0.2, 0.25) is 0 Å². The van der Waals surface area contributed by atoms with Crippen LogP contribution in [0.25, 0.3) is 0 Å². The van der Waals surface area contributed by atoms with Gasteiger partial charge in [0.2, 0.25) is 5.88 Å². The Morgan fingerprint density at radius 3 is 2.55 bits per heavy atom. The highest BCUT2D eigenvalue weighted by molar-refractivity contribution is 6.05. The molecule has 0 saturated heterocycles. The van der Waals surface area contributed by atoms with Gasteiger partial charge < -0.3 is 9.64 Å². The van der Waals surface area contributed by atoms with Crippen LogP contribution < -0.4 is 9.64 Å². The molecule has 1 amide bonds. The second-order valence-electron chi connectivity index (χ2n) is 4.68. The molecule has 22 heavy (non-hydrogen) atoms. The maximum Gasteiger partial charge on any atom is 0.272 e. The standard InChI is InChI=1S/C15H15N3O4/c1-10-8-11(4-6-13(10)18(20)21)15(19)17(2)12-5-7-14(22-3)16-9-12/h4-9H,1-3H3. The van der Waals surface area contributed by atoms with Crippen molar-refractivity contribution in [3.8, 4) is 5.88 Å². The zero-order chi connectivity index (χ0) is 16.3. The Kier molecular flexibility index (Phi) is 4.36. The third kappa shape index (κ3) is 3.03. The molecule has 0 saturated carbocycles. The van der Waals surface area contributed by atoms with Crippen molar-refractivity contribution in [2.24, 2.45) is 0 Å². The van der Waals surface area contributed by atoms with E-state index in [2.05, 4.69) is 4.98 Å². The smallest absolute Gasteiger partial charge is 0.272 e. The third-order valence-electron chi connectivity index (χ3n) is 3.26. The number of methoxy groups -OCH3 is 1. The van der Waals surface area contributed by atoms with Crippen molar-refractivity contribution in [3.05, 3.63) is 57.8 Å². The fourth-order valence-corrected chi connectivity index (χ4v) is 2.00. The number of aryl methyl sites for hydroxylation is 1. The van der Waals surface area contributed by atoms with Crippen LogP contribution in [-0.4, -0.2) is 30.0 Å². The molecular weight excluding hydrogens is 286 g/mol. The van der Waals surface area contributed by atoms with E-state index in [4.69, 9.17) is 4.74 Å². The van der Waals surface area contributed by atoms with Crippen LogP contribution >= 0.6 is 0 Å². The van der Waals surface area contributed by atoms with E-state index in [1.54, 1.807) is 26.1 Å². The average molecular weight is 301 g/mol. The van der Waals surface area contributed by atoms with Gasteiger partial charge in [-0.3, -0.25) is 14.9 Å². The molecule has 2 rings (SSSR count). The van der Waals surface area contributed by atoms with Gasteiger partial charge in [0.05, 0.1) is 23.9 Å². The molecule has 7 heteroatoms. The molecule has 0 unspecified atom stereocenters. The third-order valence-corrected chi connectivity index (χ3v) is 3.26. The fourth-order valence-electron chi connectivity index (χ4n) is 2.00. The van der Waals surface area contributed by atoms with E-state index in [9.17, 15) is 14.9 Å². The Morgan fingerprint density at radius 2 is 2.05 bits per heavy atom. The summed E-state index contributed by atoms with van der Waals surface area (Å²) in [5.41, 5.74) is 1.41. The highest BCUT2D eigenvalue weighted by Crippen LogP contribution is 2.22. The van der Waals surface area contributed by atoms with Crippen LogP contribution in [0.3, 0.4) is 0 Å². The number of carbonyl (C=O) groups is 1. The van der Waals surface area contributed by atoms with Crippen LogP contribution in [-0.2, 0) is 0 Å². The van der Waals surface area contributed by atoms with Gasteiger partial charge in [0.1, 0.15) is 0 Å². The number of aromatic nitrogens is 1. The van der Waals surface area contributed by atoms with Gasteiger partial charge in [-0.2, -0.15) is 0 Å². The second-order valence-corrected chi connectivity index (χ2v) is 4.68. The first-order valence-electron chi connectivity index (χ1n) is 6.47. The van der Waals surface area contributed by atoms with Gasteiger partial charge >= 0.3 is 0 Å². The van der Waals surface area contributed by atoms with Crippen LogP contribution in [0.15, 0.2) is 36.5 Å². The Morgan fingerprint density at radius 1 is 1.32 bits per heavy atom. The molecule has 1 heterocycles. The Hall–Kier alpha value is -2.96. The molecule has 0 aliphatic carbocycles. The Labute approximate surface area is 127 Å². The first-order valence-corrected chi connectivity index (χ1v) is 6.47. The highest BCUT2D eigenvalue weighted by Gasteiger charge is 2.17. The van der Waals surface area contributed by atoms with Gasteiger partial charge in [0, 0.05) is 30.3 Å². The lowest BCUT2D eigenvalue weighted by atomic mass is 10.1. The largest absolute Gasteiger partial charge is 0.481 e. The minimum Gasteiger partial charge on any atom is -0.481 e. The van der Waals surface area contributed by atoms with Crippen molar-refractivity contribution < 1.29 is 14.5 Å². The molecule has 0 radical (unpaired) electrons. The predicted molar refractivity (Wildman–Crippen MR) is 81.4 cm³/mol. The molecule has 114 valence electrons. The SMILES string of the molecule is COc1ccc(N(C)C(=O)c2ccc([N+](=O)[O-])c(C)c2)cn1. The van der Waals surface area contributed by atoms with E-state index in [0.717, 1.165) is 0 Å². The average Bonchev–Trinajstić information content (AvgIpc) is 2.53.